The van der Waals surface area contributed by atoms with E-state index in [4.69, 9.17) is 16.3 Å². The highest BCUT2D eigenvalue weighted by Gasteiger charge is 2.26. The third kappa shape index (κ3) is 5.71. The summed E-state index contributed by atoms with van der Waals surface area (Å²) in [6.07, 6.45) is 18.5. The van der Waals surface area contributed by atoms with Gasteiger partial charge in [0.1, 0.15) is 6.23 Å². The lowest BCUT2D eigenvalue weighted by molar-refractivity contribution is 0.0820. The summed E-state index contributed by atoms with van der Waals surface area (Å²) in [6, 6.07) is 5.76. The first-order valence-electron chi connectivity index (χ1n) is 12.1. The van der Waals surface area contributed by atoms with Gasteiger partial charge in [0.2, 0.25) is 0 Å². The van der Waals surface area contributed by atoms with Gasteiger partial charge in [0.15, 0.2) is 0 Å². The number of hydrogen-bond acceptors (Lipinski definition) is 3. The second-order valence-corrected chi connectivity index (χ2v) is 10.6. The Morgan fingerprint density at radius 1 is 1.21 bits per heavy atom. The molecule has 1 aromatic carbocycles. The molecule has 0 fully saturated rings. The number of allylic oxidation sites excluding steroid dienone is 9. The number of aromatic nitrogens is 1. The van der Waals surface area contributed by atoms with E-state index < -0.39 is 0 Å². The highest BCUT2D eigenvalue weighted by atomic mass is 35.5. The van der Waals surface area contributed by atoms with Crippen molar-refractivity contribution in [3.05, 3.63) is 93.7 Å². The fourth-order valence-corrected chi connectivity index (χ4v) is 5.06. The standard InChI is InChI=1S/C30H35ClN2O/c1-20(11-13-26-22(3)10-7-15-30(26,4)5)8-6-9-21(2)16-29-33-28-18-32-27-14-12-23(31)17-24(27)25(28)19-34-29/h6,8-9,11-14,16-18,29,33H,7,10,15,19H2,1-5H3/b9-6+,13-11+,20-8+,21-16+. The average Bonchev–Trinajstić information content (AvgIpc) is 2.78. The summed E-state index contributed by atoms with van der Waals surface area (Å²) in [7, 11) is 0. The van der Waals surface area contributed by atoms with E-state index in [1.165, 1.54) is 36.0 Å². The van der Waals surface area contributed by atoms with Crippen molar-refractivity contribution in [3.8, 4) is 0 Å². The van der Waals surface area contributed by atoms with Gasteiger partial charge < -0.3 is 10.1 Å². The van der Waals surface area contributed by atoms with Crippen molar-refractivity contribution < 1.29 is 4.74 Å². The van der Waals surface area contributed by atoms with Crippen molar-refractivity contribution in [2.45, 2.75) is 66.7 Å². The van der Waals surface area contributed by atoms with Crippen LogP contribution in [0.4, 0.5) is 5.69 Å². The Balaban J connectivity index is 1.40. The van der Waals surface area contributed by atoms with Gasteiger partial charge in [-0.1, -0.05) is 72.5 Å². The molecule has 0 bridgehead atoms. The van der Waals surface area contributed by atoms with Crippen LogP contribution in [0.15, 0.2) is 83.1 Å². The highest BCUT2D eigenvalue weighted by Crippen LogP contribution is 2.40. The average molecular weight is 475 g/mol. The Kier molecular flexibility index (Phi) is 7.45. The monoisotopic (exact) mass is 474 g/mol. The van der Waals surface area contributed by atoms with Crippen LogP contribution < -0.4 is 5.32 Å². The molecule has 0 spiro atoms. The molecule has 2 aromatic rings. The SMILES string of the molecule is CC1=C(/C=C/C(C)=C/C=C/C(C)=C/C2Nc3cnc4ccc(Cl)cc4c3CO2)C(C)(C)CCC1. The van der Waals surface area contributed by atoms with Crippen LogP contribution in [0.3, 0.4) is 0 Å². The minimum absolute atomic E-state index is 0.191. The van der Waals surface area contributed by atoms with Crippen molar-refractivity contribution in [1.29, 1.82) is 0 Å². The molecule has 1 aliphatic heterocycles. The van der Waals surface area contributed by atoms with Gasteiger partial charge in [0, 0.05) is 16.0 Å². The molecule has 2 aliphatic rings. The van der Waals surface area contributed by atoms with E-state index in [0.29, 0.717) is 11.6 Å². The number of fused-ring (bicyclic) bond motifs is 3. The van der Waals surface area contributed by atoms with Crippen LogP contribution in [0.2, 0.25) is 5.02 Å². The molecule has 1 aliphatic carbocycles. The molecule has 0 radical (unpaired) electrons. The Morgan fingerprint density at radius 3 is 2.82 bits per heavy atom. The van der Waals surface area contributed by atoms with E-state index in [1.807, 2.05) is 24.4 Å². The van der Waals surface area contributed by atoms with Gasteiger partial charge in [-0.2, -0.15) is 0 Å². The van der Waals surface area contributed by atoms with Crippen molar-refractivity contribution >= 4 is 28.2 Å². The van der Waals surface area contributed by atoms with Gasteiger partial charge >= 0.3 is 0 Å². The number of anilines is 1. The van der Waals surface area contributed by atoms with Crippen molar-refractivity contribution in [2.75, 3.05) is 5.32 Å². The molecule has 34 heavy (non-hydrogen) atoms. The molecule has 1 N–H and O–H groups in total. The van der Waals surface area contributed by atoms with E-state index in [0.717, 1.165) is 27.7 Å². The fourth-order valence-electron chi connectivity index (χ4n) is 4.88. The number of ether oxygens (including phenoxy) is 1. The predicted molar refractivity (Wildman–Crippen MR) is 145 cm³/mol. The molecule has 1 unspecified atom stereocenters. The molecule has 4 rings (SSSR count). The minimum Gasteiger partial charge on any atom is -0.355 e. The zero-order valence-corrected chi connectivity index (χ0v) is 21.7. The van der Waals surface area contributed by atoms with Gasteiger partial charge in [-0.3, -0.25) is 4.98 Å². The van der Waals surface area contributed by atoms with Crippen molar-refractivity contribution in [1.82, 2.24) is 4.98 Å². The van der Waals surface area contributed by atoms with Crippen molar-refractivity contribution in [3.63, 3.8) is 0 Å². The first-order valence-corrected chi connectivity index (χ1v) is 12.5. The second-order valence-electron chi connectivity index (χ2n) is 10.1. The zero-order valence-electron chi connectivity index (χ0n) is 20.9. The van der Waals surface area contributed by atoms with Crippen LogP contribution in [-0.4, -0.2) is 11.2 Å². The van der Waals surface area contributed by atoms with E-state index >= 15 is 0 Å². The summed E-state index contributed by atoms with van der Waals surface area (Å²) in [4.78, 5) is 4.55. The molecule has 2 heterocycles. The maximum absolute atomic E-state index is 6.19. The third-order valence-corrected chi connectivity index (χ3v) is 7.07. The number of pyridine rings is 1. The molecular weight excluding hydrogens is 440 g/mol. The predicted octanol–water partition coefficient (Wildman–Crippen LogP) is 8.69. The molecule has 1 aromatic heterocycles. The molecule has 3 nitrogen and oxygen atoms in total. The van der Waals surface area contributed by atoms with Crippen LogP contribution in [0.5, 0.6) is 0 Å². The first kappa shape index (κ1) is 24.5. The number of rotatable bonds is 5. The molecule has 4 heteroatoms. The Bertz CT molecular complexity index is 1230. The zero-order chi connectivity index (χ0) is 24.3. The quantitative estimate of drug-likeness (QED) is 0.440. The van der Waals surface area contributed by atoms with Crippen LogP contribution in [-0.2, 0) is 11.3 Å². The molecule has 0 saturated carbocycles. The normalized spacial score (nSPS) is 21.4. The summed E-state index contributed by atoms with van der Waals surface area (Å²) in [6.45, 7) is 11.8. The molecule has 0 amide bonds. The highest BCUT2D eigenvalue weighted by molar-refractivity contribution is 6.31. The summed E-state index contributed by atoms with van der Waals surface area (Å²) in [5.41, 5.74) is 8.70. The Labute approximate surface area is 209 Å². The number of hydrogen-bond donors (Lipinski definition) is 1. The molecule has 178 valence electrons. The topological polar surface area (TPSA) is 34.2 Å². The van der Waals surface area contributed by atoms with E-state index in [2.05, 4.69) is 81.4 Å². The Hall–Kier alpha value is -2.62. The lowest BCUT2D eigenvalue weighted by atomic mass is 9.72. The van der Waals surface area contributed by atoms with Crippen molar-refractivity contribution in [2.24, 2.45) is 5.41 Å². The van der Waals surface area contributed by atoms with Crippen LogP contribution in [0, 0.1) is 5.41 Å². The second kappa shape index (κ2) is 10.3. The first-order chi connectivity index (χ1) is 16.2. The van der Waals surface area contributed by atoms with Gasteiger partial charge in [0.25, 0.3) is 0 Å². The smallest absolute Gasteiger partial charge is 0.148 e. The molecule has 0 saturated heterocycles. The van der Waals surface area contributed by atoms with E-state index in [9.17, 15) is 0 Å². The third-order valence-electron chi connectivity index (χ3n) is 6.83. The van der Waals surface area contributed by atoms with E-state index in [-0.39, 0.29) is 11.6 Å². The number of benzene rings is 1. The lowest BCUT2D eigenvalue weighted by Gasteiger charge is -2.32. The summed E-state index contributed by atoms with van der Waals surface area (Å²) < 4.78 is 6.06. The van der Waals surface area contributed by atoms with Gasteiger partial charge in [-0.25, -0.2) is 0 Å². The Morgan fingerprint density at radius 2 is 2.03 bits per heavy atom. The van der Waals surface area contributed by atoms with Gasteiger partial charge in [0.05, 0.1) is 24.0 Å². The molecular formula is C30H35ClN2O. The minimum atomic E-state index is -0.191. The maximum atomic E-state index is 6.19. The largest absolute Gasteiger partial charge is 0.355 e. The fraction of sp³-hybridized carbons (Fsp3) is 0.367. The van der Waals surface area contributed by atoms with Gasteiger partial charge in [-0.05, 0) is 75.3 Å². The van der Waals surface area contributed by atoms with Crippen LogP contribution >= 0.6 is 11.6 Å². The maximum Gasteiger partial charge on any atom is 0.148 e. The van der Waals surface area contributed by atoms with E-state index in [1.54, 1.807) is 0 Å². The van der Waals surface area contributed by atoms with Crippen LogP contribution in [0.1, 0.15) is 59.4 Å². The van der Waals surface area contributed by atoms with Crippen LogP contribution in [0.25, 0.3) is 10.9 Å². The lowest BCUT2D eigenvalue weighted by Crippen LogP contribution is -2.26. The summed E-state index contributed by atoms with van der Waals surface area (Å²) in [5.74, 6) is 0. The summed E-state index contributed by atoms with van der Waals surface area (Å²) >= 11 is 6.19. The molecule has 1 atom stereocenters. The van der Waals surface area contributed by atoms with Gasteiger partial charge in [-0.15, -0.1) is 0 Å². The number of nitrogens with one attached hydrogen (secondary N) is 1. The summed E-state index contributed by atoms with van der Waals surface area (Å²) in [5, 5.41) is 5.18. The number of nitrogens with zero attached hydrogens (tertiary/aromatic N) is 1. The number of halogens is 1.